The van der Waals surface area contributed by atoms with Gasteiger partial charge in [0.15, 0.2) is 0 Å². The fourth-order valence-electron chi connectivity index (χ4n) is 2.33. The number of alkyl halides is 3. The van der Waals surface area contributed by atoms with Gasteiger partial charge in [0.25, 0.3) is 0 Å². The van der Waals surface area contributed by atoms with Gasteiger partial charge in [0.2, 0.25) is 6.41 Å². The second kappa shape index (κ2) is 7.25. The van der Waals surface area contributed by atoms with Crippen LogP contribution >= 0.6 is 0 Å². The van der Waals surface area contributed by atoms with E-state index in [9.17, 15) is 18.0 Å². The largest absolute Gasteiger partial charge is 0.496 e. The summed E-state index contributed by atoms with van der Waals surface area (Å²) in [6.45, 7) is 0. The molecule has 2 aromatic carbocycles. The molecule has 0 heterocycles. The first-order valence-corrected chi connectivity index (χ1v) is 7.15. The lowest BCUT2D eigenvalue weighted by atomic mass is 10.0. The standard InChI is InChI=1S/C17H16F3N3O2/c1-22-16(21)15-13(23(10-24)12-6-4-3-5-7-12)8-11(17(18,19)20)9-14(15)25-2/h3-10H,1-2H3,(H2,21,22). The SMILES string of the molecule is CN=C(N)c1c(OC)cc(C(F)(F)F)cc1N(C=O)c1ccccc1. The minimum Gasteiger partial charge on any atom is -0.496 e. The number of amides is 1. The molecule has 2 aromatic rings. The van der Waals surface area contributed by atoms with Crippen molar-refractivity contribution in [2.24, 2.45) is 10.7 Å². The number of ether oxygens (including phenoxy) is 1. The lowest BCUT2D eigenvalue weighted by Gasteiger charge is -2.24. The van der Waals surface area contributed by atoms with Gasteiger partial charge < -0.3 is 10.5 Å². The van der Waals surface area contributed by atoms with Gasteiger partial charge in [0, 0.05) is 12.7 Å². The molecule has 0 radical (unpaired) electrons. The molecule has 8 heteroatoms. The number of benzene rings is 2. The molecule has 1 amide bonds. The molecule has 0 aliphatic carbocycles. The molecule has 0 saturated carbocycles. The van der Waals surface area contributed by atoms with Crippen LogP contribution < -0.4 is 15.4 Å². The number of nitrogens with zero attached hydrogens (tertiary/aromatic N) is 2. The third kappa shape index (κ3) is 3.73. The van der Waals surface area contributed by atoms with E-state index < -0.39 is 11.7 Å². The first-order chi connectivity index (χ1) is 11.8. The predicted octanol–water partition coefficient (Wildman–Crippen LogP) is 3.34. The number of carbonyl (C=O) groups excluding carboxylic acids is 1. The van der Waals surface area contributed by atoms with E-state index in [0.717, 1.165) is 17.0 Å². The van der Waals surface area contributed by atoms with E-state index in [1.54, 1.807) is 30.3 Å². The summed E-state index contributed by atoms with van der Waals surface area (Å²) in [5.41, 5.74) is 5.30. The van der Waals surface area contributed by atoms with Gasteiger partial charge in [-0.3, -0.25) is 14.7 Å². The second-order valence-corrected chi connectivity index (χ2v) is 4.99. The number of para-hydroxylation sites is 1. The molecule has 5 nitrogen and oxygen atoms in total. The van der Waals surface area contributed by atoms with E-state index in [2.05, 4.69) is 4.99 Å². The average molecular weight is 351 g/mol. The Bertz CT molecular complexity index is 790. The highest BCUT2D eigenvalue weighted by atomic mass is 19.4. The van der Waals surface area contributed by atoms with Gasteiger partial charge in [-0.15, -0.1) is 0 Å². The summed E-state index contributed by atoms with van der Waals surface area (Å²) in [7, 11) is 2.61. The van der Waals surface area contributed by atoms with Crippen LogP contribution in [0.25, 0.3) is 0 Å². The van der Waals surface area contributed by atoms with Crippen LogP contribution in [-0.2, 0) is 11.0 Å². The van der Waals surface area contributed by atoms with Gasteiger partial charge >= 0.3 is 6.18 Å². The van der Waals surface area contributed by atoms with Crippen LogP contribution in [0, 0.1) is 0 Å². The number of aliphatic imine (C=N–C) groups is 1. The van der Waals surface area contributed by atoms with Crippen LogP contribution in [0.1, 0.15) is 11.1 Å². The zero-order chi connectivity index (χ0) is 18.6. The van der Waals surface area contributed by atoms with Gasteiger partial charge in [-0.1, -0.05) is 18.2 Å². The van der Waals surface area contributed by atoms with Gasteiger partial charge in [0.05, 0.1) is 23.9 Å². The molecule has 2 rings (SSSR count). The zero-order valence-corrected chi connectivity index (χ0v) is 13.5. The maximum absolute atomic E-state index is 13.2. The molecule has 0 aliphatic rings. The van der Waals surface area contributed by atoms with Crippen LogP contribution in [0.3, 0.4) is 0 Å². The second-order valence-electron chi connectivity index (χ2n) is 4.99. The van der Waals surface area contributed by atoms with Crippen molar-refractivity contribution in [3.8, 4) is 5.75 Å². The number of carbonyl (C=O) groups is 1. The number of amidine groups is 1. The number of rotatable bonds is 5. The fraction of sp³-hybridized carbons (Fsp3) is 0.176. The molecule has 0 bridgehead atoms. The first-order valence-electron chi connectivity index (χ1n) is 7.15. The van der Waals surface area contributed by atoms with E-state index in [1.807, 2.05) is 0 Å². The van der Waals surface area contributed by atoms with E-state index in [-0.39, 0.29) is 22.8 Å². The maximum Gasteiger partial charge on any atom is 0.416 e. The van der Waals surface area contributed by atoms with Gasteiger partial charge in [-0.2, -0.15) is 13.2 Å². The monoisotopic (exact) mass is 351 g/mol. The molecule has 25 heavy (non-hydrogen) atoms. The number of hydrogen-bond donors (Lipinski definition) is 1. The van der Waals surface area contributed by atoms with E-state index in [4.69, 9.17) is 10.5 Å². The van der Waals surface area contributed by atoms with E-state index in [1.165, 1.54) is 14.2 Å². The summed E-state index contributed by atoms with van der Waals surface area (Å²) in [5.74, 6) is -0.181. The number of hydrogen-bond acceptors (Lipinski definition) is 3. The van der Waals surface area contributed by atoms with Crippen molar-refractivity contribution in [3.63, 3.8) is 0 Å². The Hall–Kier alpha value is -3.03. The molecule has 0 fully saturated rings. The van der Waals surface area contributed by atoms with Crippen LogP contribution in [0.2, 0.25) is 0 Å². The van der Waals surface area contributed by atoms with Gasteiger partial charge in [-0.05, 0) is 24.3 Å². The van der Waals surface area contributed by atoms with Crippen LogP contribution in [0.4, 0.5) is 24.5 Å². The number of nitrogens with two attached hydrogens (primary N) is 1. The Kier molecular flexibility index (Phi) is 5.31. The highest BCUT2D eigenvalue weighted by Gasteiger charge is 2.34. The molecular formula is C17H16F3N3O2. The van der Waals surface area contributed by atoms with Crippen molar-refractivity contribution in [1.82, 2.24) is 0 Å². The molecule has 132 valence electrons. The summed E-state index contributed by atoms with van der Waals surface area (Å²) < 4.78 is 44.8. The van der Waals surface area contributed by atoms with Crippen LogP contribution in [0.15, 0.2) is 47.5 Å². The molecular weight excluding hydrogens is 335 g/mol. The third-order valence-corrected chi connectivity index (χ3v) is 3.52. The Balaban J connectivity index is 2.82. The first kappa shape index (κ1) is 18.3. The molecule has 0 aromatic heterocycles. The summed E-state index contributed by atoms with van der Waals surface area (Å²) in [5, 5.41) is 0. The van der Waals surface area contributed by atoms with E-state index >= 15 is 0 Å². The molecule has 0 spiro atoms. The van der Waals surface area contributed by atoms with Crippen molar-refractivity contribution in [1.29, 1.82) is 0 Å². The molecule has 0 saturated heterocycles. The van der Waals surface area contributed by atoms with Gasteiger partial charge in [-0.25, -0.2) is 0 Å². The average Bonchev–Trinajstić information content (AvgIpc) is 2.61. The lowest BCUT2D eigenvalue weighted by Crippen LogP contribution is -2.23. The number of anilines is 2. The minimum absolute atomic E-state index is 0.0524. The summed E-state index contributed by atoms with van der Waals surface area (Å²) in [6, 6.07) is 9.89. The molecule has 0 aliphatic heterocycles. The summed E-state index contributed by atoms with van der Waals surface area (Å²) in [6.07, 6.45) is -4.21. The van der Waals surface area contributed by atoms with Crippen molar-refractivity contribution in [2.45, 2.75) is 6.18 Å². The molecule has 2 N–H and O–H groups in total. The third-order valence-electron chi connectivity index (χ3n) is 3.52. The highest BCUT2D eigenvalue weighted by Crippen LogP contribution is 2.40. The van der Waals surface area contributed by atoms with Crippen molar-refractivity contribution < 1.29 is 22.7 Å². The fourth-order valence-corrected chi connectivity index (χ4v) is 2.33. The van der Waals surface area contributed by atoms with Crippen molar-refractivity contribution in [3.05, 3.63) is 53.6 Å². The normalized spacial score (nSPS) is 12.0. The van der Waals surface area contributed by atoms with Gasteiger partial charge in [0.1, 0.15) is 11.6 Å². The Labute approximate surface area is 142 Å². The Morgan fingerprint density at radius 2 is 1.88 bits per heavy atom. The van der Waals surface area contributed by atoms with Crippen LogP contribution in [-0.4, -0.2) is 26.4 Å². The molecule has 0 unspecified atom stereocenters. The quantitative estimate of drug-likeness (QED) is 0.510. The molecule has 0 atom stereocenters. The number of halogens is 3. The lowest BCUT2D eigenvalue weighted by molar-refractivity contribution is -0.137. The topological polar surface area (TPSA) is 67.9 Å². The maximum atomic E-state index is 13.2. The zero-order valence-electron chi connectivity index (χ0n) is 13.5. The Morgan fingerprint density at radius 1 is 1.24 bits per heavy atom. The van der Waals surface area contributed by atoms with Crippen molar-refractivity contribution in [2.75, 3.05) is 19.1 Å². The van der Waals surface area contributed by atoms with E-state index in [0.29, 0.717) is 12.1 Å². The highest BCUT2D eigenvalue weighted by molar-refractivity contribution is 6.08. The minimum atomic E-state index is -4.62. The Morgan fingerprint density at radius 3 is 2.36 bits per heavy atom. The smallest absolute Gasteiger partial charge is 0.416 e. The number of methoxy groups -OCH3 is 1. The van der Waals surface area contributed by atoms with Crippen molar-refractivity contribution >= 4 is 23.6 Å². The predicted molar refractivity (Wildman–Crippen MR) is 89.3 cm³/mol. The van der Waals surface area contributed by atoms with Crippen LogP contribution in [0.5, 0.6) is 5.75 Å². The summed E-state index contributed by atoms with van der Waals surface area (Å²) in [4.78, 5) is 16.5. The summed E-state index contributed by atoms with van der Waals surface area (Å²) >= 11 is 0.